The van der Waals surface area contributed by atoms with E-state index in [1.165, 1.54) is 18.1 Å². The Morgan fingerprint density at radius 1 is 1.03 bits per heavy atom. The molecule has 1 aliphatic heterocycles. The fraction of sp³-hybridized carbons (Fsp3) is 0.286. The summed E-state index contributed by atoms with van der Waals surface area (Å²) in [4.78, 5) is 13.5. The van der Waals surface area contributed by atoms with Crippen LogP contribution in [-0.4, -0.2) is 56.8 Å². The van der Waals surface area contributed by atoms with Crippen LogP contribution < -0.4 is 4.74 Å². The maximum atomic E-state index is 12.9. The molecule has 0 aromatic heterocycles. The Balaban J connectivity index is 1.66. The molecule has 1 aliphatic rings. The lowest BCUT2D eigenvalue weighted by molar-refractivity contribution is -0.137. The van der Waals surface area contributed by atoms with Gasteiger partial charge in [-0.25, -0.2) is 8.42 Å². The molecule has 10 heteroatoms. The van der Waals surface area contributed by atoms with Crippen molar-refractivity contribution < 1.29 is 31.1 Å². The molecule has 1 heterocycles. The molecule has 2 aromatic rings. The summed E-state index contributed by atoms with van der Waals surface area (Å²) in [6, 6.07) is 10.8. The quantitative estimate of drug-likeness (QED) is 0.651. The van der Waals surface area contributed by atoms with Gasteiger partial charge in [0, 0.05) is 37.8 Å². The van der Waals surface area contributed by atoms with Crippen LogP contribution in [0.25, 0.3) is 6.08 Å². The molecule has 0 aliphatic carbocycles. The van der Waals surface area contributed by atoms with Crippen LogP contribution in [0.3, 0.4) is 0 Å². The number of piperazine rings is 1. The number of amides is 1. The normalized spacial score (nSPS) is 15.9. The number of carbonyl (C=O) groups is 1. The average Bonchev–Trinajstić information content (AvgIpc) is 2.77. The second-order valence-corrected chi connectivity index (χ2v) is 8.77. The first-order valence-electron chi connectivity index (χ1n) is 9.40. The van der Waals surface area contributed by atoms with E-state index in [4.69, 9.17) is 4.74 Å². The van der Waals surface area contributed by atoms with E-state index in [9.17, 15) is 26.4 Å². The Kier molecular flexibility index (Phi) is 6.71. The van der Waals surface area contributed by atoms with Gasteiger partial charge in [-0.05, 0) is 30.3 Å². The van der Waals surface area contributed by atoms with E-state index in [1.807, 2.05) is 12.1 Å². The number of benzene rings is 2. The summed E-state index contributed by atoms with van der Waals surface area (Å²) in [5.41, 5.74) is -0.298. The van der Waals surface area contributed by atoms with Gasteiger partial charge in [-0.1, -0.05) is 24.3 Å². The van der Waals surface area contributed by atoms with E-state index in [0.29, 0.717) is 11.8 Å². The summed E-state index contributed by atoms with van der Waals surface area (Å²) in [7, 11) is -2.57. The zero-order valence-corrected chi connectivity index (χ0v) is 17.5. The predicted molar refractivity (Wildman–Crippen MR) is 109 cm³/mol. The summed E-state index contributed by atoms with van der Waals surface area (Å²) >= 11 is 0. The number of rotatable bonds is 5. The lowest BCUT2D eigenvalue weighted by Crippen LogP contribution is -2.50. The van der Waals surface area contributed by atoms with Crippen LogP contribution >= 0.6 is 0 Å². The third kappa shape index (κ3) is 5.26. The van der Waals surface area contributed by atoms with Crippen LogP contribution in [0.5, 0.6) is 5.75 Å². The van der Waals surface area contributed by atoms with Crippen molar-refractivity contribution in [2.45, 2.75) is 11.1 Å². The number of carbonyl (C=O) groups excluding carboxylic acids is 1. The highest BCUT2D eigenvalue weighted by Crippen LogP contribution is 2.31. The molecule has 166 valence electrons. The topological polar surface area (TPSA) is 66.9 Å². The van der Waals surface area contributed by atoms with E-state index >= 15 is 0 Å². The Bertz CT molecular complexity index is 1080. The maximum absolute atomic E-state index is 12.9. The molecule has 1 saturated heterocycles. The molecule has 0 N–H and O–H groups in total. The zero-order chi connectivity index (χ0) is 22.6. The van der Waals surface area contributed by atoms with E-state index < -0.39 is 26.7 Å². The molecular formula is C21H21F3N2O4S. The minimum Gasteiger partial charge on any atom is -0.496 e. The Labute approximate surface area is 178 Å². The number of nitrogens with zero attached hydrogens (tertiary/aromatic N) is 2. The van der Waals surface area contributed by atoms with Gasteiger partial charge < -0.3 is 9.64 Å². The fourth-order valence-electron chi connectivity index (χ4n) is 3.20. The molecule has 6 nitrogen and oxygen atoms in total. The van der Waals surface area contributed by atoms with Crippen LogP contribution in [0.15, 0.2) is 59.5 Å². The summed E-state index contributed by atoms with van der Waals surface area (Å²) < 4.78 is 70.6. The number of alkyl halides is 3. The van der Waals surface area contributed by atoms with E-state index in [-0.39, 0.29) is 32.1 Å². The van der Waals surface area contributed by atoms with Gasteiger partial charge in [0.05, 0.1) is 17.6 Å². The first-order chi connectivity index (χ1) is 14.6. The SMILES string of the molecule is COc1ccccc1/C=C/C(=O)N1CCN(S(=O)(=O)c2cccc(C(F)(F)F)c2)CC1. The summed E-state index contributed by atoms with van der Waals surface area (Å²) in [6.45, 7) is 0.250. The minimum absolute atomic E-state index is 0.00713. The van der Waals surface area contributed by atoms with Crippen LogP contribution in [0.4, 0.5) is 13.2 Å². The van der Waals surface area contributed by atoms with Gasteiger partial charge >= 0.3 is 6.18 Å². The van der Waals surface area contributed by atoms with Crippen molar-refractivity contribution in [3.05, 3.63) is 65.7 Å². The highest BCUT2D eigenvalue weighted by atomic mass is 32.2. The van der Waals surface area contributed by atoms with Crippen molar-refractivity contribution in [2.75, 3.05) is 33.3 Å². The number of para-hydroxylation sites is 1. The summed E-state index contributed by atoms with van der Waals surface area (Å²) in [5.74, 6) is 0.325. The third-order valence-electron chi connectivity index (χ3n) is 4.89. The highest BCUT2D eigenvalue weighted by molar-refractivity contribution is 7.89. The standard InChI is InChI=1S/C21H21F3N2O4S/c1-30-19-8-3-2-5-16(19)9-10-20(27)25-11-13-26(14-12-25)31(28,29)18-7-4-6-17(15-18)21(22,23)24/h2-10,15H,11-14H2,1H3/b10-9+. The van der Waals surface area contributed by atoms with Crippen molar-refractivity contribution >= 4 is 22.0 Å². The molecule has 1 fully saturated rings. The number of hydrogen-bond donors (Lipinski definition) is 0. The van der Waals surface area contributed by atoms with Gasteiger partial charge in [0.15, 0.2) is 0 Å². The zero-order valence-electron chi connectivity index (χ0n) is 16.7. The Morgan fingerprint density at radius 3 is 2.35 bits per heavy atom. The molecular weight excluding hydrogens is 433 g/mol. The van der Waals surface area contributed by atoms with Crippen LogP contribution in [0.1, 0.15) is 11.1 Å². The second-order valence-electron chi connectivity index (χ2n) is 6.83. The molecule has 1 amide bonds. The van der Waals surface area contributed by atoms with Crippen LogP contribution in [0.2, 0.25) is 0 Å². The molecule has 0 atom stereocenters. The number of ether oxygens (including phenoxy) is 1. The van der Waals surface area contributed by atoms with Gasteiger partial charge in [0.25, 0.3) is 0 Å². The molecule has 0 bridgehead atoms. The number of hydrogen-bond acceptors (Lipinski definition) is 4. The molecule has 0 unspecified atom stereocenters. The van der Waals surface area contributed by atoms with Crippen LogP contribution in [-0.2, 0) is 21.0 Å². The molecule has 2 aromatic carbocycles. The fourth-order valence-corrected chi connectivity index (χ4v) is 4.67. The molecule has 3 rings (SSSR count). The highest BCUT2D eigenvalue weighted by Gasteiger charge is 2.34. The lowest BCUT2D eigenvalue weighted by atomic mass is 10.2. The van der Waals surface area contributed by atoms with E-state index in [0.717, 1.165) is 28.1 Å². The molecule has 31 heavy (non-hydrogen) atoms. The predicted octanol–water partition coefficient (Wildman–Crippen LogP) is 3.26. The first kappa shape index (κ1) is 22.8. The summed E-state index contributed by atoms with van der Waals surface area (Å²) in [6.07, 6.45) is -1.63. The van der Waals surface area contributed by atoms with Gasteiger partial charge in [0.1, 0.15) is 5.75 Å². The smallest absolute Gasteiger partial charge is 0.416 e. The average molecular weight is 454 g/mol. The monoisotopic (exact) mass is 454 g/mol. The second kappa shape index (κ2) is 9.11. The molecule has 0 spiro atoms. The van der Waals surface area contributed by atoms with Gasteiger partial charge in [-0.3, -0.25) is 4.79 Å². The minimum atomic E-state index is -4.63. The molecule has 0 radical (unpaired) electrons. The van der Waals surface area contributed by atoms with Crippen LogP contribution in [0, 0.1) is 0 Å². The first-order valence-corrected chi connectivity index (χ1v) is 10.8. The third-order valence-corrected chi connectivity index (χ3v) is 6.79. The van der Waals surface area contributed by atoms with Crippen molar-refractivity contribution in [3.63, 3.8) is 0 Å². The largest absolute Gasteiger partial charge is 0.496 e. The Hall–Kier alpha value is -2.85. The van der Waals surface area contributed by atoms with Crippen molar-refractivity contribution in [3.8, 4) is 5.75 Å². The summed E-state index contributed by atoms with van der Waals surface area (Å²) in [5, 5.41) is 0. The van der Waals surface area contributed by atoms with Gasteiger partial charge in [-0.15, -0.1) is 0 Å². The number of methoxy groups -OCH3 is 1. The Morgan fingerprint density at radius 2 is 1.71 bits per heavy atom. The number of sulfonamides is 1. The number of halogens is 3. The molecule has 0 saturated carbocycles. The lowest BCUT2D eigenvalue weighted by Gasteiger charge is -2.33. The van der Waals surface area contributed by atoms with Gasteiger partial charge in [0.2, 0.25) is 15.9 Å². The van der Waals surface area contributed by atoms with Crippen molar-refractivity contribution in [1.29, 1.82) is 0 Å². The van der Waals surface area contributed by atoms with Crippen molar-refractivity contribution in [1.82, 2.24) is 9.21 Å². The van der Waals surface area contributed by atoms with E-state index in [1.54, 1.807) is 18.2 Å². The van der Waals surface area contributed by atoms with Crippen molar-refractivity contribution in [2.24, 2.45) is 0 Å². The van der Waals surface area contributed by atoms with Gasteiger partial charge in [-0.2, -0.15) is 17.5 Å². The van der Waals surface area contributed by atoms with E-state index in [2.05, 4.69) is 0 Å². The maximum Gasteiger partial charge on any atom is 0.416 e.